The van der Waals surface area contributed by atoms with Gasteiger partial charge in [0.1, 0.15) is 71.6 Å². The van der Waals surface area contributed by atoms with Crippen LogP contribution in [0.5, 0.6) is 0 Å². The lowest BCUT2D eigenvalue weighted by molar-refractivity contribution is -0.137. The molecule has 1 aliphatic heterocycles. The minimum absolute atomic E-state index is 0.0119. The van der Waals surface area contributed by atoms with Gasteiger partial charge in [0.15, 0.2) is 5.78 Å². The number of carbonyl (C=O) groups excluding carboxylic acids is 6. The van der Waals surface area contributed by atoms with Gasteiger partial charge in [0.25, 0.3) is 11.8 Å². The molecule has 4 atom stereocenters. The van der Waals surface area contributed by atoms with Crippen LogP contribution in [0.15, 0.2) is 82.3 Å². The van der Waals surface area contributed by atoms with Crippen molar-refractivity contribution in [1.82, 2.24) is 61.1 Å². The summed E-state index contributed by atoms with van der Waals surface area (Å²) in [6.45, 7) is 6.99. The number of nitrogens with zero attached hydrogens (tertiary/aromatic N) is 9. The van der Waals surface area contributed by atoms with E-state index in [0.29, 0.717) is 68.1 Å². The number of fused-ring (bicyclic) bond motifs is 14. The highest BCUT2D eigenvalue weighted by Gasteiger charge is 2.33. The maximum absolute atomic E-state index is 14.4. The van der Waals surface area contributed by atoms with Crippen molar-refractivity contribution in [3.8, 4) is 43.4 Å². The molecule has 9 aromatic rings. The van der Waals surface area contributed by atoms with Gasteiger partial charge in [0.05, 0.1) is 58.5 Å². The fourth-order valence-corrected chi connectivity index (χ4v) is 15.6. The number of unbranched alkanes of at least 4 members (excludes halogenated alkanes) is 1. The van der Waals surface area contributed by atoms with E-state index in [1.807, 2.05) is 56.5 Å². The SMILES string of the molecule is CNC(=O)C[C@@H]1NC(=O)c2csc(n2)-c2ccc(-c3nc(N(CCCCC(=O)O)C(=O)OCc4ccc(C(=O)O)cn4)cs3)nc2-c2csc(n2)-c2csc(n2)[C@H]([C@@H](C)c2ccccc2)NC(=O)CNC(=O)c2nc(sc2COC)C(C(C)C)CC(=O)c2nc1sc2C. The molecular weight excluding hydrogens is 1310 g/mol. The number of carboxylic acid groups (broad SMARTS) is 2. The summed E-state index contributed by atoms with van der Waals surface area (Å²) in [6, 6.07) is 14.2. The number of nitrogens with one attached hydrogen (secondary N) is 4. The molecule has 0 saturated heterocycles. The average molecular weight is 1370 g/mol. The van der Waals surface area contributed by atoms with Gasteiger partial charge >= 0.3 is 18.0 Å². The number of carbonyl (C=O) groups is 8. The number of amides is 5. The first-order chi connectivity index (χ1) is 44.7. The predicted octanol–water partition coefficient (Wildman–Crippen LogP) is 10.8. The lowest BCUT2D eigenvalue weighted by atomic mass is 9.90. The van der Waals surface area contributed by atoms with Crippen molar-refractivity contribution in [2.45, 2.75) is 96.9 Å². The summed E-state index contributed by atoms with van der Waals surface area (Å²) in [7, 11) is 2.97. The quantitative estimate of drug-likeness (QED) is 0.0461. The molecule has 6 N–H and O–H groups in total. The Hall–Kier alpha value is -8.98. The third-order valence-electron chi connectivity index (χ3n) is 14.9. The zero-order chi connectivity index (χ0) is 66.0. The molecule has 0 saturated carbocycles. The molecule has 0 radical (unpaired) electrons. The van der Waals surface area contributed by atoms with E-state index < -0.39 is 66.2 Å². The molecule has 1 aliphatic rings. The van der Waals surface area contributed by atoms with Crippen LogP contribution in [0, 0.1) is 12.8 Å². The Morgan fingerprint density at radius 3 is 2.18 bits per heavy atom. The van der Waals surface area contributed by atoms with Crippen LogP contribution in [0.1, 0.15) is 155 Å². The fraction of sp³-hybridized carbons (Fsp3) is 0.323. The first kappa shape index (κ1) is 66.9. The van der Waals surface area contributed by atoms with Crippen molar-refractivity contribution < 1.29 is 58.0 Å². The number of rotatable bonds is 17. The Morgan fingerprint density at radius 1 is 0.720 bits per heavy atom. The number of thiazole rings is 6. The largest absolute Gasteiger partial charge is 0.481 e. The third kappa shape index (κ3) is 16.1. The van der Waals surface area contributed by atoms with Crippen molar-refractivity contribution in [2.75, 3.05) is 32.1 Å². The van der Waals surface area contributed by atoms with Gasteiger partial charge in [-0.2, -0.15) is 0 Å². The van der Waals surface area contributed by atoms with Crippen LogP contribution >= 0.6 is 68.0 Å². The van der Waals surface area contributed by atoms with E-state index in [1.165, 1.54) is 87.9 Å². The number of hydrogen-bond acceptors (Lipinski definition) is 24. The minimum Gasteiger partial charge on any atom is -0.481 e. The second-order valence-electron chi connectivity index (χ2n) is 21.7. The van der Waals surface area contributed by atoms with Crippen LogP contribution in [0.2, 0.25) is 0 Å². The number of aromatic carboxylic acids is 1. The number of Topliss-reactive ketones (excluding diaryl/α,β-unsaturated/α-hetero) is 1. The molecular formula is C62H61N13O12S6. The van der Waals surface area contributed by atoms with Crippen molar-refractivity contribution in [2.24, 2.45) is 5.92 Å². The van der Waals surface area contributed by atoms with E-state index in [1.54, 1.807) is 35.2 Å². The zero-order valence-electron chi connectivity index (χ0n) is 50.8. The molecule has 10 rings (SSSR count). The van der Waals surface area contributed by atoms with E-state index >= 15 is 0 Å². The van der Waals surface area contributed by atoms with Gasteiger partial charge < -0.3 is 41.0 Å². The van der Waals surface area contributed by atoms with E-state index in [9.17, 15) is 48.6 Å². The van der Waals surface area contributed by atoms with Crippen LogP contribution < -0.4 is 26.2 Å². The molecule has 31 heteroatoms. The molecule has 0 fully saturated rings. The van der Waals surface area contributed by atoms with Crippen LogP contribution in [0.4, 0.5) is 10.6 Å². The van der Waals surface area contributed by atoms with E-state index in [0.717, 1.165) is 23.1 Å². The van der Waals surface area contributed by atoms with Crippen LogP contribution in [-0.2, 0) is 37.1 Å². The zero-order valence-corrected chi connectivity index (χ0v) is 55.7. The summed E-state index contributed by atoms with van der Waals surface area (Å²) in [6.07, 6.45) is 0.483. The van der Waals surface area contributed by atoms with Gasteiger partial charge in [-0.05, 0) is 55.5 Å². The standard InChI is InChI=1S/C62H61N13O12S6/c1-30(2)37-20-43(76)50-32(4)92-59(73-50)39(21-46(77)63-5)67-53(81)41-27-88-55(69-41)36-17-18-38(57-71-45(29-91-57)75(19-11-10-14-48(79)80)62(85)87-24-35-16-15-34(22-64-35)61(83)84)66-51(36)40-26-89-58(68-40)42-28-90-60(70-42)49(31(3)33-12-8-7-9-13-33)72-47(78)23-65-54(82)52-44(25-86-6)93-56(37)74-52/h7-9,12-13,15-18,22,26-31,37,39,49H,10-11,14,19-21,23-25H2,1-6H3,(H,63,77)(H,65,82)(H,67,81)(H,72,78)(H,79,80)(H,83,84)/t31-,37?,39-,49-/m0/s1. The lowest BCUT2D eigenvalue weighted by Crippen LogP contribution is -2.40. The van der Waals surface area contributed by atoms with Gasteiger partial charge in [-0.25, -0.2) is 44.5 Å². The number of aromatic nitrogens is 8. The second kappa shape index (κ2) is 30.2. The monoisotopic (exact) mass is 1370 g/mol. The second-order valence-corrected chi connectivity index (χ2v) is 27.5. The number of aliphatic carboxylic acids is 1. The van der Waals surface area contributed by atoms with Gasteiger partial charge in [0, 0.05) is 83.5 Å². The molecule has 0 aliphatic carbocycles. The Bertz CT molecular complexity index is 4240. The van der Waals surface area contributed by atoms with Crippen LogP contribution in [0.3, 0.4) is 0 Å². The van der Waals surface area contributed by atoms with Gasteiger partial charge in [-0.3, -0.25) is 38.7 Å². The molecule has 10 bridgehead atoms. The summed E-state index contributed by atoms with van der Waals surface area (Å²) in [5.41, 5.74) is 3.47. The Balaban J connectivity index is 1.04. The summed E-state index contributed by atoms with van der Waals surface area (Å²) in [5, 5.41) is 39.6. The number of ether oxygens (including phenoxy) is 2. The van der Waals surface area contributed by atoms with Crippen LogP contribution in [-0.4, -0.2) is 125 Å². The Labute approximate surface area is 556 Å². The fourth-order valence-electron chi connectivity index (χ4n) is 9.88. The van der Waals surface area contributed by atoms with Crippen molar-refractivity contribution in [3.63, 3.8) is 0 Å². The molecule has 25 nitrogen and oxygen atoms in total. The average Bonchev–Trinajstić information content (AvgIpc) is 1.70. The molecule has 1 aromatic carbocycles. The van der Waals surface area contributed by atoms with Crippen LogP contribution in [0.25, 0.3) is 43.4 Å². The van der Waals surface area contributed by atoms with E-state index in [4.69, 9.17) is 44.4 Å². The van der Waals surface area contributed by atoms with Crippen molar-refractivity contribution in [3.05, 3.63) is 141 Å². The number of methoxy groups -OCH3 is 1. The molecule has 9 heterocycles. The first-order valence-electron chi connectivity index (χ1n) is 29.1. The van der Waals surface area contributed by atoms with Gasteiger partial charge in [-0.15, -0.1) is 68.0 Å². The molecule has 482 valence electrons. The number of aryl methyl sites for hydroxylation is 1. The number of anilines is 1. The highest BCUT2D eigenvalue weighted by atomic mass is 32.1. The predicted molar refractivity (Wildman–Crippen MR) is 352 cm³/mol. The van der Waals surface area contributed by atoms with Crippen molar-refractivity contribution >= 4 is 121 Å². The van der Waals surface area contributed by atoms with Gasteiger partial charge in [0.2, 0.25) is 11.8 Å². The molecule has 0 spiro atoms. The molecule has 5 amide bonds. The normalized spacial score (nSPS) is 15.8. The summed E-state index contributed by atoms with van der Waals surface area (Å²) in [4.78, 5) is 148. The maximum Gasteiger partial charge on any atom is 0.415 e. The highest BCUT2D eigenvalue weighted by molar-refractivity contribution is 7.15. The van der Waals surface area contributed by atoms with Crippen molar-refractivity contribution in [1.29, 1.82) is 0 Å². The lowest BCUT2D eigenvalue weighted by Gasteiger charge is -2.24. The summed E-state index contributed by atoms with van der Waals surface area (Å²) < 4.78 is 11.1. The molecule has 8 aromatic heterocycles. The van der Waals surface area contributed by atoms with Gasteiger partial charge in [-0.1, -0.05) is 51.1 Å². The first-order valence-corrected chi connectivity index (χ1v) is 34.2. The smallest absolute Gasteiger partial charge is 0.415 e. The minimum atomic E-state index is -1.17. The third-order valence-corrected chi connectivity index (χ3v) is 20.7. The molecule has 93 heavy (non-hydrogen) atoms. The topological polar surface area (TPSA) is 350 Å². The maximum atomic E-state index is 14.4. The Kier molecular flexibility index (Phi) is 21.7. The number of hydrogen-bond donors (Lipinski definition) is 6. The number of benzene rings is 1. The number of carboxylic acids is 2. The van der Waals surface area contributed by atoms with E-state index in [-0.39, 0.29) is 104 Å². The highest BCUT2D eigenvalue weighted by Crippen LogP contribution is 2.41. The Morgan fingerprint density at radius 2 is 1.45 bits per heavy atom. The number of pyridine rings is 2. The summed E-state index contributed by atoms with van der Waals surface area (Å²) in [5.74, 6) is -5.33. The summed E-state index contributed by atoms with van der Waals surface area (Å²) >= 11 is 7.37. The van der Waals surface area contributed by atoms with E-state index in [2.05, 4.69) is 26.3 Å². The number of ketones is 1. The molecule has 1 unspecified atom stereocenters.